The highest BCUT2D eigenvalue weighted by Crippen LogP contribution is 2.26. The molecule has 3 N–H and O–H groups in total. The Bertz CT molecular complexity index is 470. The van der Waals surface area contributed by atoms with Crippen LogP contribution in [-0.4, -0.2) is 38.5 Å². The van der Waals surface area contributed by atoms with Crippen LogP contribution in [0.15, 0.2) is 23.1 Å². The van der Waals surface area contributed by atoms with Crippen LogP contribution in [0.3, 0.4) is 0 Å². The maximum Gasteiger partial charge on any atom is 0.179 e. The molecular formula is C10H15NO4S. The first-order chi connectivity index (χ1) is 7.36. The van der Waals surface area contributed by atoms with Gasteiger partial charge in [-0.05, 0) is 24.7 Å². The number of phenolic OH excluding ortho intramolecular Hbond substituents is 1. The van der Waals surface area contributed by atoms with Crippen molar-refractivity contribution in [2.45, 2.75) is 11.0 Å². The second kappa shape index (κ2) is 4.82. The van der Waals surface area contributed by atoms with E-state index in [1.807, 2.05) is 0 Å². The summed E-state index contributed by atoms with van der Waals surface area (Å²) >= 11 is 0. The molecule has 0 spiro atoms. The third kappa shape index (κ3) is 2.94. The van der Waals surface area contributed by atoms with Crippen molar-refractivity contribution in [2.75, 3.05) is 19.8 Å². The molecule has 0 aliphatic carbocycles. The van der Waals surface area contributed by atoms with E-state index in [1.165, 1.54) is 18.2 Å². The topological polar surface area (TPSA) is 86.6 Å². The Morgan fingerprint density at radius 3 is 2.56 bits per heavy atom. The third-order valence-corrected chi connectivity index (χ3v) is 3.29. The van der Waals surface area contributed by atoms with E-state index in [0.717, 1.165) is 6.26 Å². The number of likely N-dealkylation sites (N-methyl/N-ethyl adjacent to an activating group) is 1. The van der Waals surface area contributed by atoms with Crippen LogP contribution in [0.2, 0.25) is 0 Å². The van der Waals surface area contributed by atoms with E-state index in [0.29, 0.717) is 12.1 Å². The van der Waals surface area contributed by atoms with E-state index in [2.05, 4.69) is 5.32 Å². The van der Waals surface area contributed by atoms with E-state index < -0.39 is 15.9 Å². The highest BCUT2D eigenvalue weighted by molar-refractivity contribution is 7.90. The number of hydrogen-bond acceptors (Lipinski definition) is 5. The monoisotopic (exact) mass is 245 g/mol. The number of aliphatic hydroxyl groups excluding tert-OH is 1. The minimum atomic E-state index is -3.49. The minimum Gasteiger partial charge on any atom is -0.507 e. The summed E-state index contributed by atoms with van der Waals surface area (Å²) in [4.78, 5) is -0.167. The molecular weight excluding hydrogens is 230 g/mol. The van der Waals surface area contributed by atoms with Crippen LogP contribution in [0.5, 0.6) is 5.75 Å². The number of hydrogen-bond donors (Lipinski definition) is 3. The molecule has 0 radical (unpaired) electrons. The second-order valence-corrected chi connectivity index (χ2v) is 5.56. The molecule has 6 heteroatoms. The zero-order valence-electron chi connectivity index (χ0n) is 9.14. The van der Waals surface area contributed by atoms with Crippen molar-refractivity contribution < 1.29 is 18.6 Å². The van der Waals surface area contributed by atoms with Gasteiger partial charge in [-0.25, -0.2) is 8.42 Å². The van der Waals surface area contributed by atoms with Crippen molar-refractivity contribution in [3.8, 4) is 5.75 Å². The lowest BCUT2D eigenvalue weighted by molar-refractivity contribution is 0.177. The number of aromatic hydroxyl groups is 1. The molecule has 0 aliphatic rings. The summed E-state index contributed by atoms with van der Waals surface area (Å²) in [6, 6.07) is 4.04. The molecule has 16 heavy (non-hydrogen) atoms. The Kier molecular flexibility index (Phi) is 3.90. The minimum absolute atomic E-state index is 0.167. The van der Waals surface area contributed by atoms with Gasteiger partial charge in [0.05, 0.1) is 6.10 Å². The van der Waals surface area contributed by atoms with Crippen LogP contribution in [0.1, 0.15) is 11.7 Å². The number of phenols is 1. The molecule has 5 nitrogen and oxygen atoms in total. The van der Waals surface area contributed by atoms with E-state index in [4.69, 9.17) is 0 Å². The predicted octanol–water partition coefficient (Wildman–Crippen LogP) is 0.0485. The van der Waals surface area contributed by atoms with Gasteiger partial charge in [-0.15, -0.1) is 0 Å². The molecule has 0 saturated heterocycles. The van der Waals surface area contributed by atoms with Gasteiger partial charge in [0.15, 0.2) is 9.84 Å². The number of aliphatic hydroxyl groups is 1. The maximum absolute atomic E-state index is 11.3. The van der Waals surface area contributed by atoms with E-state index in [9.17, 15) is 18.6 Å². The van der Waals surface area contributed by atoms with Gasteiger partial charge < -0.3 is 15.5 Å². The van der Waals surface area contributed by atoms with Crippen molar-refractivity contribution in [2.24, 2.45) is 0 Å². The van der Waals surface area contributed by atoms with Crippen LogP contribution in [0.4, 0.5) is 0 Å². The molecule has 1 aromatic rings. The zero-order chi connectivity index (χ0) is 12.3. The fourth-order valence-electron chi connectivity index (χ4n) is 1.35. The smallest absolute Gasteiger partial charge is 0.179 e. The maximum atomic E-state index is 11.3. The summed E-state index contributed by atoms with van der Waals surface area (Å²) in [6.45, 7) is 0.313. The Hall–Kier alpha value is -1.11. The zero-order valence-corrected chi connectivity index (χ0v) is 9.95. The Morgan fingerprint density at radius 1 is 1.44 bits per heavy atom. The molecule has 1 unspecified atom stereocenters. The lowest BCUT2D eigenvalue weighted by Gasteiger charge is -2.12. The van der Waals surface area contributed by atoms with Gasteiger partial charge in [0.1, 0.15) is 10.6 Å². The van der Waals surface area contributed by atoms with E-state index in [1.54, 1.807) is 7.05 Å². The average molecular weight is 245 g/mol. The Labute approximate surface area is 94.7 Å². The predicted molar refractivity (Wildman–Crippen MR) is 60.1 cm³/mol. The first-order valence-electron chi connectivity index (χ1n) is 4.72. The number of rotatable bonds is 4. The molecule has 90 valence electrons. The van der Waals surface area contributed by atoms with Crippen molar-refractivity contribution >= 4 is 9.84 Å². The van der Waals surface area contributed by atoms with Gasteiger partial charge in [0, 0.05) is 12.8 Å². The molecule has 0 heterocycles. The van der Waals surface area contributed by atoms with Crippen LogP contribution in [0.25, 0.3) is 0 Å². The summed E-state index contributed by atoms with van der Waals surface area (Å²) in [5.41, 5.74) is 0.451. The van der Waals surface area contributed by atoms with Gasteiger partial charge in [-0.1, -0.05) is 6.07 Å². The van der Waals surface area contributed by atoms with Gasteiger partial charge in [-0.3, -0.25) is 0 Å². The summed E-state index contributed by atoms with van der Waals surface area (Å²) in [7, 11) is -1.80. The molecule has 0 fully saturated rings. The Morgan fingerprint density at radius 2 is 2.06 bits per heavy atom. The molecule has 0 saturated carbocycles. The number of nitrogens with one attached hydrogen (secondary N) is 1. The van der Waals surface area contributed by atoms with Gasteiger partial charge in [0.2, 0.25) is 0 Å². The fraction of sp³-hybridized carbons (Fsp3) is 0.400. The highest BCUT2D eigenvalue weighted by atomic mass is 32.2. The first-order valence-corrected chi connectivity index (χ1v) is 6.61. The van der Waals surface area contributed by atoms with Gasteiger partial charge in [0.25, 0.3) is 0 Å². The SMILES string of the molecule is CNCC(O)c1ccc(O)c(S(C)(=O)=O)c1. The third-order valence-electron chi connectivity index (χ3n) is 2.17. The summed E-state index contributed by atoms with van der Waals surface area (Å²) < 4.78 is 22.7. The molecule has 0 amide bonds. The number of sulfone groups is 1. The first kappa shape index (κ1) is 13.0. The van der Waals surface area contributed by atoms with Crippen molar-refractivity contribution in [3.63, 3.8) is 0 Å². The quantitative estimate of drug-likeness (QED) is 0.697. The Balaban J connectivity index is 3.18. The molecule has 0 aromatic heterocycles. The van der Waals surface area contributed by atoms with Crippen LogP contribution in [-0.2, 0) is 9.84 Å². The normalized spacial score (nSPS) is 13.7. The average Bonchev–Trinajstić information content (AvgIpc) is 2.16. The second-order valence-electron chi connectivity index (χ2n) is 3.57. The molecule has 0 bridgehead atoms. The molecule has 1 atom stereocenters. The van der Waals surface area contributed by atoms with Crippen LogP contribution < -0.4 is 5.32 Å². The van der Waals surface area contributed by atoms with Crippen molar-refractivity contribution in [1.29, 1.82) is 0 Å². The van der Waals surface area contributed by atoms with Gasteiger partial charge in [-0.2, -0.15) is 0 Å². The van der Waals surface area contributed by atoms with E-state index in [-0.39, 0.29) is 10.6 Å². The van der Waals surface area contributed by atoms with Crippen molar-refractivity contribution in [3.05, 3.63) is 23.8 Å². The van der Waals surface area contributed by atoms with E-state index >= 15 is 0 Å². The molecule has 1 rings (SSSR count). The summed E-state index contributed by atoms with van der Waals surface area (Å²) in [5.74, 6) is -0.303. The lowest BCUT2D eigenvalue weighted by Crippen LogP contribution is -2.17. The standard InChI is InChI=1S/C10H15NO4S/c1-11-6-9(13)7-3-4-8(12)10(5-7)16(2,14)15/h3-5,9,11-13H,6H2,1-2H3. The molecule has 1 aromatic carbocycles. The number of benzene rings is 1. The summed E-state index contributed by atoms with van der Waals surface area (Å²) in [6.07, 6.45) is 0.210. The molecule has 0 aliphatic heterocycles. The highest BCUT2D eigenvalue weighted by Gasteiger charge is 2.16. The largest absolute Gasteiger partial charge is 0.507 e. The summed E-state index contributed by atoms with van der Waals surface area (Å²) in [5, 5.41) is 21.8. The van der Waals surface area contributed by atoms with Crippen molar-refractivity contribution in [1.82, 2.24) is 5.32 Å². The fourth-order valence-corrected chi connectivity index (χ4v) is 2.14. The van der Waals surface area contributed by atoms with Crippen LogP contribution >= 0.6 is 0 Å². The van der Waals surface area contributed by atoms with Gasteiger partial charge >= 0.3 is 0 Å². The van der Waals surface area contributed by atoms with Crippen LogP contribution in [0, 0.1) is 0 Å². The lowest BCUT2D eigenvalue weighted by atomic mass is 10.1.